The Hall–Kier alpha value is -1.84. The molecular formula is C17H26N2O2. The largest absolute Gasteiger partial charge is 0.329 e. The van der Waals surface area contributed by atoms with E-state index in [4.69, 9.17) is 0 Å². The lowest BCUT2D eigenvalue weighted by molar-refractivity contribution is -0.138. The molecular weight excluding hydrogens is 264 g/mol. The molecule has 0 bridgehead atoms. The minimum Gasteiger partial charge on any atom is -0.329 e. The highest BCUT2D eigenvalue weighted by Crippen LogP contribution is 2.18. The number of likely N-dealkylation sites (N-methyl/N-ethyl adjacent to an activating group) is 1. The quantitative estimate of drug-likeness (QED) is 0.855. The molecule has 0 radical (unpaired) electrons. The molecule has 0 unspecified atom stereocenters. The molecule has 2 amide bonds. The summed E-state index contributed by atoms with van der Waals surface area (Å²) in [5.74, 6) is -0.149. The number of rotatable bonds is 4. The van der Waals surface area contributed by atoms with Crippen molar-refractivity contribution in [3.63, 3.8) is 0 Å². The first-order chi connectivity index (χ1) is 9.66. The maximum absolute atomic E-state index is 12.6. The van der Waals surface area contributed by atoms with Gasteiger partial charge in [-0.15, -0.1) is 0 Å². The average Bonchev–Trinajstić information content (AvgIpc) is 2.35. The third-order valence-electron chi connectivity index (χ3n) is 3.41. The lowest BCUT2D eigenvalue weighted by Gasteiger charge is -2.36. The molecule has 0 saturated carbocycles. The molecule has 4 heteroatoms. The normalized spacial score (nSPS) is 11.1. The Labute approximate surface area is 127 Å². The summed E-state index contributed by atoms with van der Waals surface area (Å²) < 4.78 is 0. The van der Waals surface area contributed by atoms with Gasteiger partial charge in [-0.2, -0.15) is 0 Å². The van der Waals surface area contributed by atoms with Crippen molar-refractivity contribution in [3.8, 4) is 0 Å². The Morgan fingerprint density at radius 1 is 1.19 bits per heavy atom. The number of anilines is 1. The summed E-state index contributed by atoms with van der Waals surface area (Å²) in [4.78, 5) is 27.7. The Balaban J connectivity index is 2.96. The number of aryl methyl sites for hydroxylation is 1. The molecule has 21 heavy (non-hydrogen) atoms. The van der Waals surface area contributed by atoms with Crippen LogP contribution in [0.15, 0.2) is 24.3 Å². The summed E-state index contributed by atoms with van der Waals surface area (Å²) in [5, 5.41) is 0. The van der Waals surface area contributed by atoms with Crippen LogP contribution in [0.4, 0.5) is 5.69 Å². The van der Waals surface area contributed by atoms with Gasteiger partial charge in [0.25, 0.3) is 0 Å². The molecule has 1 aromatic rings. The van der Waals surface area contributed by atoms with Gasteiger partial charge in [0.1, 0.15) is 6.54 Å². The summed E-state index contributed by atoms with van der Waals surface area (Å²) in [6.07, 6.45) is 0. The zero-order valence-electron chi connectivity index (χ0n) is 13.9. The van der Waals surface area contributed by atoms with E-state index in [0.29, 0.717) is 6.54 Å². The predicted octanol–water partition coefficient (Wildman–Crippen LogP) is 2.99. The van der Waals surface area contributed by atoms with Crippen molar-refractivity contribution >= 4 is 17.5 Å². The first kappa shape index (κ1) is 17.2. The van der Waals surface area contributed by atoms with E-state index in [1.165, 1.54) is 6.92 Å². The van der Waals surface area contributed by atoms with Gasteiger partial charge in [0.15, 0.2) is 0 Å². The molecule has 0 aliphatic carbocycles. The van der Waals surface area contributed by atoms with Crippen LogP contribution in [0.25, 0.3) is 0 Å². The first-order valence-electron chi connectivity index (χ1n) is 7.32. The fourth-order valence-electron chi connectivity index (χ4n) is 2.34. The predicted molar refractivity (Wildman–Crippen MR) is 86.3 cm³/mol. The second-order valence-corrected chi connectivity index (χ2v) is 6.25. The molecule has 0 aliphatic heterocycles. The van der Waals surface area contributed by atoms with Crippen LogP contribution >= 0.6 is 0 Å². The van der Waals surface area contributed by atoms with Crippen LogP contribution in [-0.2, 0) is 9.59 Å². The van der Waals surface area contributed by atoms with E-state index in [9.17, 15) is 9.59 Å². The molecule has 0 aliphatic rings. The SMILES string of the molecule is CCN(C(=O)CN(C(C)=O)C(C)(C)C)c1cccc(C)c1. The second kappa shape index (κ2) is 6.74. The zero-order chi connectivity index (χ0) is 16.2. The average molecular weight is 290 g/mol. The van der Waals surface area contributed by atoms with Crippen molar-refractivity contribution in [2.75, 3.05) is 18.0 Å². The van der Waals surface area contributed by atoms with Gasteiger partial charge in [0.05, 0.1) is 0 Å². The highest BCUT2D eigenvalue weighted by Gasteiger charge is 2.27. The number of carbonyl (C=O) groups is 2. The van der Waals surface area contributed by atoms with Crippen LogP contribution in [0.5, 0.6) is 0 Å². The summed E-state index contributed by atoms with van der Waals surface area (Å²) >= 11 is 0. The fraction of sp³-hybridized carbons (Fsp3) is 0.529. The van der Waals surface area contributed by atoms with Gasteiger partial charge >= 0.3 is 0 Å². The van der Waals surface area contributed by atoms with E-state index < -0.39 is 0 Å². The van der Waals surface area contributed by atoms with Gasteiger partial charge in [0, 0.05) is 24.7 Å². The van der Waals surface area contributed by atoms with Crippen LogP contribution in [0.2, 0.25) is 0 Å². The van der Waals surface area contributed by atoms with Gasteiger partial charge in [-0.3, -0.25) is 9.59 Å². The van der Waals surface area contributed by atoms with Crippen molar-refractivity contribution in [1.82, 2.24) is 4.90 Å². The number of carbonyl (C=O) groups excluding carboxylic acids is 2. The standard InChI is InChI=1S/C17H26N2O2/c1-7-18(15-10-8-9-13(2)11-15)16(21)12-19(14(3)20)17(4,5)6/h8-11H,7,12H2,1-6H3. The van der Waals surface area contributed by atoms with Crippen LogP contribution in [0.3, 0.4) is 0 Å². The zero-order valence-corrected chi connectivity index (χ0v) is 13.9. The Morgan fingerprint density at radius 2 is 1.81 bits per heavy atom. The summed E-state index contributed by atoms with van der Waals surface area (Å²) in [7, 11) is 0. The lowest BCUT2D eigenvalue weighted by Crippen LogP contribution is -2.50. The number of benzene rings is 1. The summed E-state index contributed by atoms with van der Waals surface area (Å²) in [5.41, 5.74) is 1.62. The van der Waals surface area contributed by atoms with Gasteiger partial charge in [-0.1, -0.05) is 12.1 Å². The van der Waals surface area contributed by atoms with E-state index >= 15 is 0 Å². The molecule has 0 heterocycles. The fourth-order valence-corrected chi connectivity index (χ4v) is 2.34. The molecule has 0 atom stereocenters. The Morgan fingerprint density at radius 3 is 2.24 bits per heavy atom. The third kappa shape index (κ3) is 4.59. The third-order valence-corrected chi connectivity index (χ3v) is 3.41. The van der Waals surface area contributed by atoms with Gasteiger partial charge in [-0.05, 0) is 52.3 Å². The van der Waals surface area contributed by atoms with Crippen LogP contribution in [-0.4, -0.2) is 35.3 Å². The molecule has 0 N–H and O–H groups in total. The molecule has 0 aromatic heterocycles. The van der Waals surface area contributed by atoms with Gasteiger partial charge in [-0.25, -0.2) is 0 Å². The number of hydrogen-bond acceptors (Lipinski definition) is 2. The topological polar surface area (TPSA) is 40.6 Å². The maximum Gasteiger partial charge on any atom is 0.246 e. The number of amides is 2. The van der Waals surface area contributed by atoms with E-state index in [1.807, 2.05) is 58.9 Å². The Bertz CT molecular complexity index is 518. The molecule has 0 saturated heterocycles. The second-order valence-electron chi connectivity index (χ2n) is 6.25. The molecule has 1 aromatic carbocycles. The first-order valence-corrected chi connectivity index (χ1v) is 7.32. The van der Waals surface area contributed by atoms with Crippen LogP contribution in [0.1, 0.15) is 40.2 Å². The molecule has 116 valence electrons. The summed E-state index contributed by atoms with van der Waals surface area (Å²) in [6.45, 7) is 11.9. The van der Waals surface area contributed by atoms with E-state index in [2.05, 4.69) is 0 Å². The molecule has 0 fully saturated rings. The highest BCUT2D eigenvalue weighted by atomic mass is 16.2. The maximum atomic E-state index is 12.6. The van der Waals surface area contributed by atoms with Crippen molar-refractivity contribution in [2.24, 2.45) is 0 Å². The minimum absolute atomic E-state index is 0.0618. The van der Waals surface area contributed by atoms with Crippen LogP contribution in [0, 0.1) is 6.92 Å². The van der Waals surface area contributed by atoms with E-state index in [-0.39, 0.29) is 23.9 Å². The summed E-state index contributed by atoms with van der Waals surface area (Å²) in [6, 6.07) is 7.84. The van der Waals surface area contributed by atoms with Crippen molar-refractivity contribution < 1.29 is 9.59 Å². The molecule has 4 nitrogen and oxygen atoms in total. The monoisotopic (exact) mass is 290 g/mol. The minimum atomic E-state index is -0.368. The van der Waals surface area contributed by atoms with Gasteiger partial charge in [0.2, 0.25) is 11.8 Å². The molecule has 0 spiro atoms. The van der Waals surface area contributed by atoms with Crippen LogP contribution < -0.4 is 4.90 Å². The number of nitrogens with zero attached hydrogens (tertiary/aromatic N) is 2. The smallest absolute Gasteiger partial charge is 0.246 e. The Kier molecular flexibility index (Phi) is 5.53. The lowest BCUT2D eigenvalue weighted by atomic mass is 10.1. The number of hydrogen-bond donors (Lipinski definition) is 0. The van der Waals surface area contributed by atoms with Crippen molar-refractivity contribution in [3.05, 3.63) is 29.8 Å². The van der Waals surface area contributed by atoms with Crippen molar-refractivity contribution in [2.45, 2.75) is 47.1 Å². The van der Waals surface area contributed by atoms with Gasteiger partial charge < -0.3 is 9.80 Å². The highest BCUT2D eigenvalue weighted by molar-refractivity contribution is 5.96. The van der Waals surface area contributed by atoms with E-state index in [0.717, 1.165) is 11.3 Å². The van der Waals surface area contributed by atoms with E-state index in [1.54, 1.807) is 9.80 Å². The molecule has 1 rings (SSSR count). The van der Waals surface area contributed by atoms with Crippen molar-refractivity contribution in [1.29, 1.82) is 0 Å².